The first kappa shape index (κ1) is 14.8. The van der Waals surface area contributed by atoms with Gasteiger partial charge in [-0.2, -0.15) is 0 Å². The van der Waals surface area contributed by atoms with Crippen LogP contribution in [0.5, 0.6) is 0 Å². The molecule has 1 aromatic carbocycles. The minimum absolute atomic E-state index is 0.0312. The van der Waals surface area contributed by atoms with Crippen molar-refractivity contribution in [3.63, 3.8) is 0 Å². The lowest BCUT2D eigenvalue weighted by Gasteiger charge is -2.28. The second-order valence-electron chi connectivity index (χ2n) is 5.49. The minimum atomic E-state index is -3.05. The van der Waals surface area contributed by atoms with Gasteiger partial charge in [-0.25, -0.2) is 8.42 Å². The lowest BCUT2D eigenvalue weighted by atomic mass is 10.1. The maximum Gasteiger partial charge on any atom is 0.257 e. The van der Waals surface area contributed by atoms with Gasteiger partial charge >= 0.3 is 0 Å². The van der Waals surface area contributed by atoms with Crippen LogP contribution < -0.4 is 0 Å². The van der Waals surface area contributed by atoms with Crippen molar-refractivity contribution in [2.75, 3.05) is 11.5 Å². The van der Waals surface area contributed by atoms with Crippen molar-refractivity contribution in [3.05, 3.63) is 60.1 Å². The molecule has 5 nitrogen and oxygen atoms in total. The van der Waals surface area contributed by atoms with E-state index >= 15 is 0 Å². The molecule has 2 heterocycles. The quantitative estimate of drug-likeness (QED) is 0.865. The lowest BCUT2D eigenvalue weighted by molar-refractivity contribution is 0.0680. The fourth-order valence-corrected chi connectivity index (χ4v) is 4.45. The Morgan fingerprint density at radius 2 is 2.00 bits per heavy atom. The maximum atomic E-state index is 12.7. The van der Waals surface area contributed by atoms with Crippen molar-refractivity contribution >= 4 is 15.7 Å². The van der Waals surface area contributed by atoms with E-state index in [1.807, 2.05) is 30.3 Å². The average Bonchev–Trinajstić information content (AvgIpc) is 3.14. The minimum Gasteiger partial charge on any atom is -0.472 e. The van der Waals surface area contributed by atoms with Crippen molar-refractivity contribution in [1.82, 2.24) is 4.90 Å². The first-order valence-corrected chi connectivity index (χ1v) is 8.95. The smallest absolute Gasteiger partial charge is 0.257 e. The molecule has 6 heteroatoms. The first-order valence-electron chi connectivity index (χ1n) is 7.13. The summed E-state index contributed by atoms with van der Waals surface area (Å²) >= 11 is 0. The molecule has 116 valence electrons. The molecular weight excluding hydrogens is 302 g/mol. The van der Waals surface area contributed by atoms with E-state index in [9.17, 15) is 13.2 Å². The van der Waals surface area contributed by atoms with Crippen LogP contribution in [0.3, 0.4) is 0 Å². The van der Waals surface area contributed by atoms with Gasteiger partial charge in [0.05, 0.1) is 23.3 Å². The summed E-state index contributed by atoms with van der Waals surface area (Å²) in [7, 11) is -3.05. The molecule has 1 aliphatic rings. The largest absolute Gasteiger partial charge is 0.472 e. The van der Waals surface area contributed by atoms with Gasteiger partial charge in [0.15, 0.2) is 9.84 Å². The number of nitrogens with zero attached hydrogens (tertiary/aromatic N) is 1. The number of benzene rings is 1. The van der Waals surface area contributed by atoms with E-state index in [1.54, 1.807) is 11.0 Å². The van der Waals surface area contributed by atoms with Crippen LogP contribution in [-0.4, -0.2) is 36.8 Å². The van der Waals surface area contributed by atoms with Gasteiger partial charge in [-0.05, 0) is 18.1 Å². The predicted octanol–water partition coefficient (Wildman–Crippen LogP) is 2.11. The third kappa shape index (κ3) is 3.22. The van der Waals surface area contributed by atoms with Gasteiger partial charge in [0.1, 0.15) is 6.26 Å². The number of amides is 1. The number of rotatable bonds is 4. The van der Waals surface area contributed by atoms with Gasteiger partial charge in [-0.15, -0.1) is 0 Å². The van der Waals surface area contributed by atoms with Crippen LogP contribution in [0.25, 0.3) is 0 Å². The number of sulfone groups is 1. The molecule has 1 aromatic heterocycles. The average molecular weight is 319 g/mol. The standard InChI is InChI=1S/C16H17NO4S/c18-16(14-6-8-21-11-14)17(10-13-4-2-1-3-5-13)15-7-9-22(19,20)12-15/h1-6,8,11,15H,7,9-10,12H2. The fraction of sp³-hybridized carbons (Fsp3) is 0.312. The summed E-state index contributed by atoms with van der Waals surface area (Å²) < 4.78 is 28.5. The zero-order chi connectivity index (χ0) is 15.6. The molecule has 0 saturated carbocycles. The molecule has 2 aromatic rings. The Morgan fingerprint density at radius 3 is 2.59 bits per heavy atom. The molecule has 0 bridgehead atoms. The Morgan fingerprint density at radius 1 is 1.23 bits per heavy atom. The van der Waals surface area contributed by atoms with E-state index in [0.29, 0.717) is 18.5 Å². The lowest BCUT2D eigenvalue weighted by Crippen LogP contribution is -2.40. The highest BCUT2D eigenvalue weighted by molar-refractivity contribution is 7.91. The maximum absolute atomic E-state index is 12.7. The molecule has 1 aliphatic heterocycles. The van der Waals surface area contributed by atoms with Gasteiger partial charge in [0, 0.05) is 12.6 Å². The van der Waals surface area contributed by atoms with Crippen molar-refractivity contribution in [3.8, 4) is 0 Å². The monoisotopic (exact) mass is 319 g/mol. The van der Waals surface area contributed by atoms with E-state index in [-0.39, 0.29) is 23.5 Å². The molecule has 1 fully saturated rings. The zero-order valence-electron chi connectivity index (χ0n) is 12.0. The van der Waals surface area contributed by atoms with Crippen LogP contribution in [0.2, 0.25) is 0 Å². The number of furan rings is 1. The summed E-state index contributed by atoms with van der Waals surface area (Å²) in [5.74, 6) is -0.0230. The Bertz CT molecular complexity index is 738. The van der Waals surface area contributed by atoms with Crippen LogP contribution >= 0.6 is 0 Å². The number of carbonyl (C=O) groups excluding carboxylic acids is 1. The fourth-order valence-electron chi connectivity index (χ4n) is 2.72. The second-order valence-corrected chi connectivity index (χ2v) is 7.72. The van der Waals surface area contributed by atoms with E-state index in [2.05, 4.69) is 0 Å². The van der Waals surface area contributed by atoms with Crippen molar-refractivity contribution in [2.45, 2.75) is 19.0 Å². The summed E-state index contributed by atoms with van der Waals surface area (Å²) in [6.07, 6.45) is 3.32. The molecule has 1 amide bonds. The van der Waals surface area contributed by atoms with Crippen LogP contribution in [0.15, 0.2) is 53.3 Å². The Hall–Kier alpha value is -2.08. The van der Waals surface area contributed by atoms with E-state index in [4.69, 9.17) is 4.42 Å². The van der Waals surface area contributed by atoms with Crippen LogP contribution in [-0.2, 0) is 16.4 Å². The van der Waals surface area contributed by atoms with E-state index in [1.165, 1.54) is 12.5 Å². The third-order valence-electron chi connectivity index (χ3n) is 3.87. The Labute approximate surface area is 129 Å². The Balaban J connectivity index is 1.87. The molecule has 3 rings (SSSR count). The van der Waals surface area contributed by atoms with Crippen molar-refractivity contribution in [1.29, 1.82) is 0 Å². The molecule has 1 saturated heterocycles. The normalized spacial score (nSPS) is 19.9. The highest BCUT2D eigenvalue weighted by Gasteiger charge is 2.35. The molecule has 0 spiro atoms. The predicted molar refractivity (Wildman–Crippen MR) is 82.1 cm³/mol. The molecular formula is C16H17NO4S. The first-order chi connectivity index (χ1) is 10.6. The van der Waals surface area contributed by atoms with Gasteiger partial charge in [-0.3, -0.25) is 4.79 Å². The summed E-state index contributed by atoms with van der Waals surface area (Å²) in [5.41, 5.74) is 1.42. The summed E-state index contributed by atoms with van der Waals surface area (Å²) in [5, 5.41) is 0. The van der Waals surface area contributed by atoms with Gasteiger partial charge < -0.3 is 9.32 Å². The number of hydrogen-bond donors (Lipinski definition) is 0. The van der Waals surface area contributed by atoms with E-state index in [0.717, 1.165) is 5.56 Å². The van der Waals surface area contributed by atoms with Crippen molar-refractivity contribution in [2.24, 2.45) is 0 Å². The topological polar surface area (TPSA) is 67.6 Å². The van der Waals surface area contributed by atoms with Crippen LogP contribution in [0.4, 0.5) is 0 Å². The summed E-state index contributed by atoms with van der Waals surface area (Å²) in [6.45, 7) is 0.394. The number of hydrogen-bond acceptors (Lipinski definition) is 4. The van der Waals surface area contributed by atoms with Crippen molar-refractivity contribution < 1.29 is 17.6 Å². The van der Waals surface area contributed by atoms with Crippen LogP contribution in [0, 0.1) is 0 Å². The number of carbonyl (C=O) groups is 1. The molecule has 0 radical (unpaired) electrons. The summed E-state index contributed by atoms with van der Waals surface area (Å²) in [4.78, 5) is 14.3. The highest BCUT2D eigenvalue weighted by atomic mass is 32.2. The zero-order valence-corrected chi connectivity index (χ0v) is 12.8. The molecule has 1 unspecified atom stereocenters. The Kier molecular flexibility index (Phi) is 4.02. The molecule has 1 atom stereocenters. The van der Waals surface area contributed by atoms with Gasteiger partial charge in [0.2, 0.25) is 0 Å². The third-order valence-corrected chi connectivity index (χ3v) is 5.62. The molecule has 0 N–H and O–H groups in total. The van der Waals surface area contributed by atoms with Gasteiger partial charge in [-0.1, -0.05) is 30.3 Å². The molecule has 22 heavy (non-hydrogen) atoms. The SMILES string of the molecule is O=C(c1ccoc1)N(Cc1ccccc1)C1CCS(=O)(=O)C1. The highest BCUT2D eigenvalue weighted by Crippen LogP contribution is 2.22. The molecule has 0 aliphatic carbocycles. The second kappa shape index (κ2) is 5.96. The summed E-state index contributed by atoms with van der Waals surface area (Å²) in [6, 6.07) is 10.9. The van der Waals surface area contributed by atoms with Crippen LogP contribution in [0.1, 0.15) is 22.3 Å². The van der Waals surface area contributed by atoms with E-state index < -0.39 is 9.84 Å². The van der Waals surface area contributed by atoms with Gasteiger partial charge in [0.25, 0.3) is 5.91 Å².